The second-order valence-corrected chi connectivity index (χ2v) is 5.12. The molecule has 0 amide bonds. The molecule has 1 aromatic carbocycles. The highest BCUT2D eigenvalue weighted by Crippen LogP contribution is 2.37. The van der Waals surface area contributed by atoms with Gasteiger partial charge in [0.05, 0.1) is 5.56 Å². The smallest absolute Gasteiger partial charge is 0.294 e. The Morgan fingerprint density at radius 3 is 2.53 bits per heavy atom. The van der Waals surface area contributed by atoms with Crippen LogP contribution in [0.15, 0.2) is 22.7 Å². The van der Waals surface area contributed by atoms with Crippen LogP contribution in [0.5, 0.6) is 0 Å². The van der Waals surface area contributed by atoms with E-state index in [0.717, 1.165) is 18.9 Å². The number of ketones is 1. The Labute approximate surface area is 105 Å². The Morgan fingerprint density at radius 2 is 2.00 bits per heavy atom. The highest BCUT2D eigenvalue weighted by molar-refractivity contribution is 9.10. The summed E-state index contributed by atoms with van der Waals surface area (Å²) in [4.78, 5) is 11.7. The number of Topliss-reactive ketones (excluding diaryl/α,β-unsaturated/α-hetero) is 1. The third-order valence-electron chi connectivity index (χ3n) is 2.76. The summed E-state index contributed by atoms with van der Waals surface area (Å²) in [7, 11) is 0. The minimum atomic E-state index is -4.44. The van der Waals surface area contributed by atoms with Crippen LogP contribution in [0.4, 0.5) is 13.2 Å². The Bertz CT molecular complexity index is 450. The molecule has 1 saturated carbocycles. The third-order valence-corrected chi connectivity index (χ3v) is 3.46. The Hall–Kier alpha value is -0.840. The molecule has 0 atom stereocenters. The van der Waals surface area contributed by atoms with Gasteiger partial charge in [-0.3, -0.25) is 4.79 Å². The number of carbonyl (C=O) groups excluding carboxylic acids is 1. The van der Waals surface area contributed by atoms with Gasteiger partial charge < -0.3 is 0 Å². The lowest BCUT2D eigenvalue weighted by molar-refractivity contribution is -0.138. The molecule has 5 heteroatoms. The van der Waals surface area contributed by atoms with E-state index in [2.05, 4.69) is 15.9 Å². The Balaban J connectivity index is 2.26. The zero-order valence-electron chi connectivity index (χ0n) is 8.85. The van der Waals surface area contributed by atoms with Crippen molar-refractivity contribution in [1.29, 1.82) is 0 Å². The number of halogens is 4. The summed E-state index contributed by atoms with van der Waals surface area (Å²) in [5.41, 5.74) is -0.647. The second kappa shape index (κ2) is 4.44. The van der Waals surface area contributed by atoms with E-state index in [9.17, 15) is 18.0 Å². The number of rotatable bonds is 3. The molecule has 1 nitrogen and oxygen atoms in total. The van der Waals surface area contributed by atoms with Crippen LogP contribution in [0.25, 0.3) is 0 Å². The number of hydrogen-bond donors (Lipinski definition) is 0. The van der Waals surface area contributed by atoms with Crippen molar-refractivity contribution in [3.63, 3.8) is 0 Å². The van der Waals surface area contributed by atoms with Gasteiger partial charge in [0.25, 0.3) is 0 Å². The lowest BCUT2D eigenvalue weighted by atomic mass is 10.0. The molecule has 1 aliphatic rings. The molecular formula is C12H10BrF3O. The maximum atomic E-state index is 12.6. The molecule has 0 heterocycles. The molecule has 92 valence electrons. The number of hydrogen-bond acceptors (Lipinski definition) is 1. The van der Waals surface area contributed by atoms with Crippen LogP contribution >= 0.6 is 15.9 Å². The summed E-state index contributed by atoms with van der Waals surface area (Å²) in [5.74, 6) is 0.172. The maximum Gasteiger partial charge on any atom is 0.417 e. The van der Waals surface area contributed by atoms with Crippen molar-refractivity contribution in [2.75, 3.05) is 0 Å². The van der Waals surface area contributed by atoms with E-state index in [1.165, 1.54) is 12.1 Å². The lowest BCUT2D eigenvalue weighted by Gasteiger charge is -2.10. The first-order valence-corrected chi connectivity index (χ1v) is 6.07. The molecule has 0 radical (unpaired) electrons. The van der Waals surface area contributed by atoms with Crippen molar-refractivity contribution in [2.24, 2.45) is 5.92 Å². The van der Waals surface area contributed by atoms with Crippen LogP contribution in [-0.2, 0) is 6.18 Å². The lowest BCUT2D eigenvalue weighted by Crippen LogP contribution is -2.09. The summed E-state index contributed by atoms with van der Waals surface area (Å²) in [6, 6.07) is 3.64. The van der Waals surface area contributed by atoms with E-state index in [1.807, 2.05) is 0 Å². The van der Waals surface area contributed by atoms with Gasteiger partial charge in [-0.25, -0.2) is 0 Å². The molecule has 1 fully saturated rings. The van der Waals surface area contributed by atoms with Gasteiger partial charge >= 0.3 is 6.18 Å². The van der Waals surface area contributed by atoms with Gasteiger partial charge in [0.1, 0.15) is 0 Å². The van der Waals surface area contributed by atoms with Crippen molar-refractivity contribution in [1.82, 2.24) is 0 Å². The first-order chi connectivity index (χ1) is 7.88. The van der Waals surface area contributed by atoms with Crippen LogP contribution in [0.3, 0.4) is 0 Å². The molecule has 0 spiro atoms. The molecule has 0 saturated heterocycles. The summed E-state index contributed by atoms with van der Waals surface area (Å²) in [6.45, 7) is 0. The molecule has 0 bridgehead atoms. The van der Waals surface area contributed by atoms with Gasteiger partial charge in [0, 0.05) is 16.5 Å². The fourth-order valence-electron chi connectivity index (χ4n) is 1.62. The molecule has 1 aliphatic carbocycles. The average Bonchev–Trinajstić information content (AvgIpc) is 3.00. The van der Waals surface area contributed by atoms with Gasteiger partial charge in [0.2, 0.25) is 0 Å². The van der Waals surface area contributed by atoms with Crippen LogP contribution in [0.1, 0.15) is 35.2 Å². The molecule has 1 aromatic rings. The van der Waals surface area contributed by atoms with Gasteiger partial charge in [0.15, 0.2) is 5.78 Å². The maximum absolute atomic E-state index is 12.6. The predicted octanol–water partition coefficient (Wildman–Crippen LogP) is 4.45. The minimum absolute atomic E-state index is 0.0343. The summed E-state index contributed by atoms with van der Waals surface area (Å²) >= 11 is 2.85. The quantitative estimate of drug-likeness (QED) is 0.754. The van der Waals surface area contributed by atoms with Gasteiger partial charge in [-0.15, -0.1) is 0 Å². The molecule has 0 unspecified atom stereocenters. The monoisotopic (exact) mass is 306 g/mol. The van der Waals surface area contributed by atoms with Gasteiger partial charge in [-0.05, 0) is 30.9 Å². The standard InChI is InChI=1S/C12H10BrF3O/c13-10-4-3-8(6-9(10)12(14,15)16)11(17)5-7-1-2-7/h3-4,6-7H,1-2,5H2. The SMILES string of the molecule is O=C(CC1CC1)c1ccc(Br)c(C(F)(F)F)c1. The van der Waals surface area contributed by atoms with Crippen molar-refractivity contribution >= 4 is 21.7 Å². The van der Waals surface area contributed by atoms with Gasteiger partial charge in [-0.1, -0.05) is 22.0 Å². The van der Waals surface area contributed by atoms with Crippen LogP contribution in [-0.4, -0.2) is 5.78 Å². The zero-order valence-corrected chi connectivity index (χ0v) is 10.4. The second-order valence-electron chi connectivity index (χ2n) is 4.26. The largest absolute Gasteiger partial charge is 0.417 e. The fraction of sp³-hybridized carbons (Fsp3) is 0.417. The van der Waals surface area contributed by atoms with E-state index >= 15 is 0 Å². The summed E-state index contributed by atoms with van der Waals surface area (Å²) in [6.07, 6.45) is -2.06. The number of benzene rings is 1. The fourth-order valence-corrected chi connectivity index (χ4v) is 2.09. The highest BCUT2D eigenvalue weighted by Gasteiger charge is 2.34. The Morgan fingerprint density at radius 1 is 1.35 bits per heavy atom. The van der Waals surface area contributed by atoms with E-state index in [4.69, 9.17) is 0 Å². The molecule has 17 heavy (non-hydrogen) atoms. The van der Waals surface area contributed by atoms with Crippen LogP contribution in [0.2, 0.25) is 0 Å². The van der Waals surface area contributed by atoms with E-state index in [1.54, 1.807) is 0 Å². The molecule has 0 N–H and O–H groups in total. The van der Waals surface area contributed by atoms with E-state index in [-0.39, 0.29) is 15.8 Å². The van der Waals surface area contributed by atoms with Crippen LogP contribution < -0.4 is 0 Å². The normalized spacial score (nSPS) is 16.0. The van der Waals surface area contributed by atoms with E-state index < -0.39 is 11.7 Å². The average molecular weight is 307 g/mol. The topological polar surface area (TPSA) is 17.1 Å². The first kappa shape index (κ1) is 12.6. The zero-order chi connectivity index (χ0) is 12.6. The molecular weight excluding hydrogens is 297 g/mol. The van der Waals surface area contributed by atoms with Crippen molar-refractivity contribution < 1.29 is 18.0 Å². The molecule has 0 aromatic heterocycles. The number of carbonyl (C=O) groups is 1. The summed E-state index contributed by atoms with van der Waals surface area (Å²) in [5, 5.41) is 0. The summed E-state index contributed by atoms with van der Waals surface area (Å²) < 4.78 is 37.8. The number of alkyl halides is 3. The predicted molar refractivity (Wildman–Crippen MR) is 60.8 cm³/mol. The minimum Gasteiger partial charge on any atom is -0.294 e. The Kier molecular flexibility index (Phi) is 3.30. The van der Waals surface area contributed by atoms with Crippen molar-refractivity contribution in [2.45, 2.75) is 25.4 Å². The van der Waals surface area contributed by atoms with Crippen molar-refractivity contribution in [3.05, 3.63) is 33.8 Å². The third kappa shape index (κ3) is 3.09. The van der Waals surface area contributed by atoms with Crippen molar-refractivity contribution in [3.8, 4) is 0 Å². The van der Waals surface area contributed by atoms with Gasteiger partial charge in [-0.2, -0.15) is 13.2 Å². The van der Waals surface area contributed by atoms with E-state index in [0.29, 0.717) is 12.3 Å². The molecule has 2 rings (SSSR count). The highest BCUT2D eigenvalue weighted by atomic mass is 79.9. The first-order valence-electron chi connectivity index (χ1n) is 5.28. The van der Waals surface area contributed by atoms with Crippen LogP contribution in [0, 0.1) is 5.92 Å². The molecule has 0 aliphatic heterocycles.